The molecule has 0 aromatic heterocycles. The van der Waals surface area contributed by atoms with Crippen LogP contribution in [0.3, 0.4) is 0 Å². The fourth-order valence-corrected chi connectivity index (χ4v) is 2.09. The molecule has 0 heterocycles. The summed E-state index contributed by atoms with van der Waals surface area (Å²) in [6.45, 7) is 0.390. The predicted molar refractivity (Wildman–Crippen MR) is 84.6 cm³/mol. The maximum Gasteiger partial charge on any atom is 0.226 e. The van der Waals surface area contributed by atoms with E-state index in [4.69, 9.17) is 23.2 Å². The molecule has 0 bridgehead atoms. The molecule has 2 N–H and O–H groups in total. The Morgan fingerprint density at radius 2 is 1.95 bits per heavy atom. The summed E-state index contributed by atoms with van der Waals surface area (Å²) in [6, 6.07) is 10.8. The van der Waals surface area contributed by atoms with Crippen molar-refractivity contribution in [3.8, 4) is 0 Å². The molecular formula is C15H13Cl2FN2O. The molecule has 0 atom stereocenters. The number of amides is 1. The van der Waals surface area contributed by atoms with Crippen LogP contribution in [-0.2, 0) is 4.79 Å². The maximum atomic E-state index is 13.0. The molecule has 0 aliphatic carbocycles. The second-order valence-corrected chi connectivity index (χ2v) is 5.20. The van der Waals surface area contributed by atoms with Gasteiger partial charge < -0.3 is 10.6 Å². The first-order valence-electron chi connectivity index (χ1n) is 6.29. The van der Waals surface area contributed by atoms with Crippen LogP contribution >= 0.6 is 23.2 Å². The fourth-order valence-electron chi connectivity index (χ4n) is 1.73. The lowest BCUT2D eigenvalue weighted by atomic mass is 10.3. The Morgan fingerprint density at radius 3 is 2.71 bits per heavy atom. The molecule has 0 aliphatic rings. The predicted octanol–water partition coefficient (Wildman–Crippen LogP) is 4.57. The standard InChI is InChI=1S/C15H13Cl2FN2O/c16-10-4-5-13(17)14(8-10)19-7-6-15(21)20-12-3-1-2-11(18)9-12/h1-5,8-9,19H,6-7H2,(H,20,21). The van der Waals surface area contributed by atoms with Crippen LogP contribution in [0.15, 0.2) is 42.5 Å². The van der Waals surface area contributed by atoms with Crippen LogP contribution in [0.1, 0.15) is 6.42 Å². The minimum Gasteiger partial charge on any atom is -0.383 e. The highest BCUT2D eigenvalue weighted by Crippen LogP contribution is 2.25. The van der Waals surface area contributed by atoms with Crippen LogP contribution in [0.25, 0.3) is 0 Å². The van der Waals surface area contributed by atoms with Crippen LogP contribution in [0.4, 0.5) is 15.8 Å². The van der Waals surface area contributed by atoms with E-state index in [1.165, 1.54) is 18.2 Å². The van der Waals surface area contributed by atoms with Gasteiger partial charge in [-0.15, -0.1) is 0 Å². The van der Waals surface area contributed by atoms with Gasteiger partial charge >= 0.3 is 0 Å². The zero-order chi connectivity index (χ0) is 15.2. The Morgan fingerprint density at radius 1 is 1.14 bits per heavy atom. The normalized spacial score (nSPS) is 10.2. The molecule has 0 spiro atoms. The molecule has 0 fully saturated rings. The summed E-state index contributed by atoms with van der Waals surface area (Å²) < 4.78 is 13.0. The van der Waals surface area contributed by atoms with Crippen LogP contribution in [0, 0.1) is 5.82 Å². The Kier molecular flexibility index (Phi) is 5.42. The summed E-state index contributed by atoms with van der Waals surface area (Å²) in [7, 11) is 0. The van der Waals surface area contributed by atoms with E-state index in [1.54, 1.807) is 24.3 Å². The first-order chi connectivity index (χ1) is 10.0. The number of hydrogen-bond donors (Lipinski definition) is 2. The number of rotatable bonds is 5. The first kappa shape index (κ1) is 15.6. The third kappa shape index (κ3) is 4.92. The van der Waals surface area contributed by atoms with Gasteiger partial charge in [-0.25, -0.2) is 4.39 Å². The minimum absolute atomic E-state index is 0.216. The molecule has 1 amide bonds. The minimum atomic E-state index is -0.392. The highest BCUT2D eigenvalue weighted by atomic mass is 35.5. The Hall–Kier alpha value is -1.78. The lowest BCUT2D eigenvalue weighted by Gasteiger charge is -2.09. The molecule has 0 unspecified atom stereocenters. The van der Waals surface area contributed by atoms with Crippen molar-refractivity contribution in [2.75, 3.05) is 17.2 Å². The highest BCUT2D eigenvalue weighted by Gasteiger charge is 2.05. The molecule has 2 rings (SSSR count). The van der Waals surface area contributed by atoms with Crippen LogP contribution in [-0.4, -0.2) is 12.5 Å². The Bertz CT molecular complexity index is 649. The highest BCUT2D eigenvalue weighted by molar-refractivity contribution is 6.35. The van der Waals surface area contributed by atoms with Crippen molar-refractivity contribution in [1.29, 1.82) is 0 Å². The number of benzene rings is 2. The van der Waals surface area contributed by atoms with Gasteiger partial charge in [0.25, 0.3) is 0 Å². The van der Waals surface area contributed by atoms with Crippen molar-refractivity contribution in [3.05, 3.63) is 58.3 Å². The molecular weight excluding hydrogens is 314 g/mol. The van der Waals surface area contributed by atoms with Gasteiger partial charge in [-0.2, -0.15) is 0 Å². The smallest absolute Gasteiger partial charge is 0.226 e. The van der Waals surface area contributed by atoms with Crippen molar-refractivity contribution in [2.24, 2.45) is 0 Å². The molecule has 2 aromatic carbocycles. The summed E-state index contributed by atoms with van der Waals surface area (Å²) in [5.41, 5.74) is 1.10. The number of anilines is 2. The second kappa shape index (κ2) is 7.29. The van der Waals surface area contributed by atoms with Crippen molar-refractivity contribution in [3.63, 3.8) is 0 Å². The van der Waals surface area contributed by atoms with Crippen molar-refractivity contribution >= 4 is 40.5 Å². The second-order valence-electron chi connectivity index (χ2n) is 4.36. The fraction of sp³-hybridized carbons (Fsp3) is 0.133. The monoisotopic (exact) mass is 326 g/mol. The molecule has 2 aromatic rings. The molecule has 3 nitrogen and oxygen atoms in total. The molecule has 21 heavy (non-hydrogen) atoms. The van der Waals surface area contributed by atoms with E-state index in [1.807, 2.05) is 0 Å². The van der Waals surface area contributed by atoms with E-state index in [2.05, 4.69) is 10.6 Å². The van der Waals surface area contributed by atoms with E-state index >= 15 is 0 Å². The quantitative estimate of drug-likeness (QED) is 0.844. The number of halogens is 3. The lowest BCUT2D eigenvalue weighted by molar-refractivity contribution is -0.115. The third-order valence-electron chi connectivity index (χ3n) is 2.70. The van der Waals surface area contributed by atoms with Crippen molar-refractivity contribution in [2.45, 2.75) is 6.42 Å². The van der Waals surface area contributed by atoms with Crippen LogP contribution in [0.5, 0.6) is 0 Å². The van der Waals surface area contributed by atoms with Crippen LogP contribution < -0.4 is 10.6 Å². The summed E-state index contributed by atoms with van der Waals surface area (Å²) in [5.74, 6) is -0.608. The number of carbonyl (C=O) groups is 1. The van der Waals surface area contributed by atoms with E-state index < -0.39 is 5.82 Å². The molecule has 0 radical (unpaired) electrons. The first-order valence-corrected chi connectivity index (χ1v) is 7.04. The van der Waals surface area contributed by atoms with Gasteiger partial charge in [-0.05, 0) is 36.4 Å². The van der Waals surface area contributed by atoms with E-state index in [0.29, 0.717) is 28.0 Å². The number of carbonyl (C=O) groups excluding carboxylic acids is 1. The molecule has 6 heteroatoms. The lowest BCUT2D eigenvalue weighted by Crippen LogP contribution is -2.16. The Balaban J connectivity index is 1.83. The molecule has 0 saturated heterocycles. The van der Waals surface area contributed by atoms with Crippen molar-refractivity contribution < 1.29 is 9.18 Å². The SMILES string of the molecule is O=C(CCNc1cc(Cl)ccc1Cl)Nc1cccc(F)c1. The molecule has 110 valence electrons. The van der Waals surface area contributed by atoms with Crippen molar-refractivity contribution in [1.82, 2.24) is 0 Å². The summed E-state index contributed by atoms with van der Waals surface area (Å²) in [5, 5.41) is 6.74. The Labute approximate surface area is 132 Å². The third-order valence-corrected chi connectivity index (χ3v) is 3.27. The summed E-state index contributed by atoms with van der Waals surface area (Å²) in [4.78, 5) is 11.7. The van der Waals surface area contributed by atoms with Gasteiger partial charge in [-0.1, -0.05) is 29.3 Å². The number of hydrogen-bond acceptors (Lipinski definition) is 2. The zero-order valence-electron chi connectivity index (χ0n) is 11.0. The van der Waals surface area contributed by atoms with Gasteiger partial charge in [0.15, 0.2) is 0 Å². The largest absolute Gasteiger partial charge is 0.383 e. The van der Waals surface area contributed by atoms with E-state index in [0.717, 1.165) is 0 Å². The van der Waals surface area contributed by atoms with E-state index in [9.17, 15) is 9.18 Å². The number of nitrogens with one attached hydrogen (secondary N) is 2. The van der Waals surface area contributed by atoms with Gasteiger partial charge in [0.05, 0.1) is 10.7 Å². The average molecular weight is 327 g/mol. The molecule has 0 aliphatic heterocycles. The van der Waals surface area contributed by atoms with Crippen LogP contribution in [0.2, 0.25) is 10.0 Å². The average Bonchev–Trinajstić information content (AvgIpc) is 2.42. The van der Waals surface area contributed by atoms with Gasteiger partial charge in [-0.3, -0.25) is 4.79 Å². The van der Waals surface area contributed by atoms with Gasteiger partial charge in [0, 0.05) is 23.7 Å². The summed E-state index contributed by atoms with van der Waals surface area (Å²) in [6.07, 6.45) is 0.222. The molecule has 0 saturated carbocycles. The maximum absolute atomic E-state index is 13.0. The van der Waals surface area contributed by atoms with Gasteiger partial charge in [0.2, 0.25) is 5.91 Å². The topological polar surface area (TPSA) is 41.1 Å². The summed E-state index contributed by atoms with van der Waals surface area (Å²) >= 11 is 11.9. The van der Waals surface area contributed by atoms with Gasteiger partial charge in [0.1, 0.15) is 5.82 Å². The zero-order valence-corrected chi connectivity index (χ0v) is 12.5. The van der Waals surface area contributed by atoms with E-state index in [-0.39, 0.29) is 12.3 Å².